The number of likely N-dealkylation sites (tertiary alicyclic amines) is 1. The highest BCUT2D eigenvalue weighted by Gasteiger charge is 2.23. The number of nitrogens with two attached hydrogens (primary N) is 1. The second-order valence-electron chi connectivity index (χ2n) is 4.84. The summed E-state index contributed by atoms with van der Waals surface area (Å²) >= 11 is 0. The Bertz CT molecular complexity index is 369. The highest BCUT2D eigenvalue weighted by molar-refractivity contribution is 5.25. The van der Waals surface area contributed by atoms with Gasteiger partial charge in [-0.2, -0.15) is 0 Å². The maximum Gasteiger partial charge on any atom is 0.217 e. The maximum atomic E-state index is 6.10. The molecule has 2 rings (SSSR count). The third-order valence-corrected chi connectivity index (χ3v) is 3.54. The molecule has 0 aliphatic carbocycles. The van der Waals surface area contributed by atoms with Crippen LogP contribution in [-0.4, -0.2) is 36.1 Å². The van der Waals surface area contributed by atoms with Gasteiger partial charge in [0.2, 0.25) is 5.88 Å². The molecule has 1 saturated heterocycles. The molecule has 0 amide bonds. The number of nitrogens with zero attached hydrogens (tertiary/aromatic N) is 2. The SMILES string of the molecule is COc1ncccc1CN1CCC(C)C(N)C1. The summed E-state index contributed by atoms with van der Waals surface area (Å²) in [7, 11) is 1.66. The largest absolute Gasteiger partial charge is 0.481 e. The van der Waals surface area contributed by atoms with E-state index in [9.17, 15) is 0 Å². The van der Waals surface area contributed by atoms with E-state index < -0.39 is 0 Å². The van der Waals surface area contributed by atoms with Gasteiger partial charge in [0.1, 0.15) is 0 Å². The number of rotatable bonds is 3. The van der Waals surface area contributed by atoms with E-state index >= 15 is 0 Å². The van der Waals surface area contributed by atoms with Crippen LogP contribution in [0.4, 0.5) is 0 Å². The summed E-state index contributed by atoms with van der Waals surface area (Å²) in [4.78, 5) is 6.60. The molecular formula is C13H21N3O. The van der Waals surface area contributed by atoms with Crippen LogP contribution in [0, 0.1) is 5.92 Å². The summed E-state index contributed by atoms with van der Waals surface area (Å²) in [5, 5.41) is 0. The average Bonchev–Trinajstić information content (AvgIpc) is 2.34. The van der Waals surface area contributed by atoms with Crippen LogP contribution in [0.1, 0.15) is 18.9 Å². The summed E-state index contributed by atoms with van der Waals surface area (Å²) < 4.78 is 5.27. The van der Waals surface area contributed by atoms with Crippen molar-refractivity contribution in [2.75, 3.05) is 20.2 Å². The fraction of sp³-hybridized carbons (Fsp3) is 0.615. The van der Waals surface area contributed by atoms with Crippen LogP contribution in [0.15, 0.2) is 18.3 Å². The first-order chi connectivity index (χ1) is 8.20. The van der Waals surface area contributed by atoms with E-state index in [1.807, 2.05) is 6.07 Å². The van der Waals surface area contributed by atoms with Crippen molar-refractivity contribution in [2.45, 2.75) is 25.9 Å². The summed E-state index contributed by atoms with van der Waals surface area (Å²) in [5.41, 5.74) is 7.24. The van der Waals surface area contributed by atoms with Crippen molar-refractivity contribution in [3.8, 4) is 5.88 Å². The molecule has 1 aliphatic rings. The van der Waals surface area contributed by atoms with Crippen molar-refractivity contribution in [2.24, 2.45) is 11.7 Å². The van der Waals surface area contributed by atoms with Crippen LogP contribution in [0.3, 0.4) is 0 Å². The summed E-state index contributed by atoms with van der Waals surface area (Å²) in [6.07, 6.45) is 2.93. The molecule has 0 radical (unpaired) electrons. The molecule has 2 heterocycles. The Morgan fingerprint density at radius 2 is 2.41 bits per heavy atom. The van der Waals surface area contributed by atoms with E-state index in [2.05, 4.69) is 22.9 Å². The fourth-order valence-electron chi connectivity index (χ4n) is 2.28. The molecule has 2 atom stereocenters. The van der Waals surface area contributed by atoms with Gasteiger partial charge in [-0.3, -0.25) is 4.90 Å². The first-order valence-corrected chi connectivity index (χ1v) is 6.16. The van der Waals surface area contributed by atoms with Gasteiger partial charge >= 0.3 is 0 Å². The monoisotopic (exact) mass is 235 g/mol. The van der Waals surface area contributed by atoms with Crippen LogP contribution in [-0.2, 0) is 6.54 Å². The number of hydrogen-bond donors (Lipinski definition) is 1. The average molecular weight is 235 g/mol. The van der Waals surface area contributed by atoms with Crippen molar-refractivity contribution in [3.63, 3.8) is 0 Å². The zero-order valence-corrected chi connectivity index (χ0v) is 10.6. The highest BCUT2D eigenvalue weighted by atomic mass is 16.5. The minimum Gasteiger partial charge on any atom is -0.481 e. The molecule has 4 heteroatoms. The molecule has 0 spiro atoms. The van der Waals surface area contributed by atoms with Gasteiger partial charge in [-0.15, -0.1) is 0 Å². The topological polar surface area (TPSA) is 51.4 Å². The molecular weight excluding hydrogens is 214 g/mol. The lowest BCUT2D eigenvalue weighted by Crippen LogP contribution is -2.47. The van der Waals surface area contributed by atoms with Gasteiger partial charge in [-0.05, 0) is 24.9 Å². The predicted octanol–water partition coefficient (Wildman–Crippen LogP) is 1.26. The van der Waals surface area contributed by atoms with Crippen LogP contribution in [0.2, 0.25) is 0 Å². The normalized spacial score (nSPS) is 25.8. The summed E-state index contributed by atoms with van der Waals surface area (Å²) in [6.45, 7) is 5.16. The minimum atomic E-state index is 0.284. The first kappa shape index (κ1) is 12.3. The Hall–Kier alpha value is -1.13. The van der Waals surface area contributed by atoms with Gasteiger partial charge in [0.15, 0.2) is 0 Å². The Kier molecular flexibility index (Phi) is 3.97. The number of hydrogen-bond acceptors (Lipinski definition) is 4. The third kappa shape index (κ3) is 2.96. The van der Waals surface area contributed by atoms with Crippen LogP contribution < -0.4 is 10.5 Å². The predicted molar refractivity (Wildman–Crippen MR) is 67.8 cm³/mol. The van der Waals surface area contributed by atoms with Gasteiger partial charge in [0.05, 0.1) is 7.11 Å². The number of piperidine rings is 1. The quantitative estimate of drug-likeness (QED) is 0.857. The molecule has 4 nitrogen and oxygen atoms in total. The second kappa shape index (κ2) is 5.47. The van der Waals surface area contributed by atoms with Crippen LogP contribution in [0.5, 0.6) is 5.88 Å². The number of pyridine rings is 1. The van der Waals surface area contributed by atoms with E-state index in [1.165, 1.54) is 6.42 Å². The van der Waals surface area contributed by atoms with E-state index in [0.29, 0.717) is 5.92 Å². The lowest BCUT2D eigenvalue weighted by atomic mass is 9.94. The van der Waals surface area contributed by atoms with Crippen molar-refractivity contribution in [1.29, 1.82) is 0 Å². The van der Waals surface area contributed by atoms with Gasteiger partial charge in [-0.25, -0.2) is 4.98 Å². The van der Waals surface area contributed by atoms with Gasteiger partial charge in [0.25, 0.3) is 0 Å². The highest BCUT2D eigenvalue weighted by Crippen LogP contribution is 2.21. The van der Waals surface area contributed by atoms with E-state index in [-0.39, 0.29) is 6.04 Å². The zero-order chi connectivity index (χ0) is 12.3. The van der Waals surface area contributed by atoms with Gasteiger partial charge < -0.3 is 10.5 Å². The van der Waals surface area contributed by atoms with Crippen LogP contribution in [0.25, 0.3) is 0 Å². The summed E-state index contributed by atoms with van der Waals surface area (Å²) in [6, 6.07) is 4.30. The minimum absolute atomic E-state index is 0.284. The van der Waals surface area contributed by atoms with E-state index in [1.54, 1.807) is 13.3 Å². The number of methoxy groups -OCH3 is 1. The Morgan fingerprint density at radius 3 is 3.12 bits per heavy atom. The zero-order valence-electron chi connectivity index (χ0n) is 10.6. The number of aromatic nitrogens is 1. The molecule has 1 fully saturated rings. The van der Waals surface area contributed by atoms with Crippen molar-refractivity contribution in [3.05, 3.63) is 23.9 Å². The van der Waals surface area contributed by atoms with Gasteiger partial charge in [-0.1, -0.05) is 13.0 Å². The van der Waals surface area contributed by atoms with Crippen molar-refractivity contribution >= 4 is 0 Å². The Balaban J connectivity index is 2.01. The lowest BCUT2D eigenvalue weighted by molar-refractivity contribution is 0.160. The molecule has 17 heavy (non-hydrogen) atoms. The summed E-state index contributed by atoms with van der Waals surface area (Å²) in [5.74, 6) is 1.35. The molecule has 2 N–H and O–H groups in total. The lowest BCUT2D eigenvalue weighted by Gasteiger charge is -2.35. The standard InChI is InChI=1S/C13H21N3O/c1-10-5-7-16(9-12(10)14)8-11-4-3-6-15-13(11)17-2/h3-4,6,10,12H,5,7-9,14H2,1-2H3. The maximum absolute atomic E-state index is 6.10. The van der Waals surface area contributed by atoms with Gasteiger partial charge in [0, 0.05) is 30.9 Å². The molecule has 1 aliphatic heterocycles. The van der Waals surface area contributed by atoms with Crippen molar-refractivity contribution in [1.82, 2.24) is 9.88 Å². The Morgan fingerprint density at radius 1 is 1.59 bits per heavy atom. The smallest absolute Gasteiger partial charge is 0.217 e. The molecule has 2 unspecified atom stereocenters. The van der Waals surface area contributed by atoms with E-state index in [4.69, 9.17) is 10.5 Å². The molecule has 1 aromatic rings. The van der Waals surface area contributed by atoms with Crippen LogP contribution >= 0.6 is 0 Å². The fourth-order valence-corrected chi connectivity index (χ4v) is 2.28. The Labute approximate surface area is 103 Å². The van der Waals surface area contributed by atoms with Crippen molar-refractivity contribution < 1.29 is 4.74 Å². The third-order valence-electron chi connectivity index (χ3n) is 3.54. The first-order valence-electron chi connectivity index (χ1n) is 6.16. The molecule has 0 aromatic carbocycles. The molecule has 94 valence electrons. The molecule has 0 saturated carbocycles. The second-order valence-corrected chi connectivity index (χ2v) is 4.84. The van der Waals surface area contributed by atoms with E-state index in [0.717, 1.165) is 31.1 Å². The molecule has 0 bridgehead atoms. The number of ether oxygens (including phenoxy) is 1. The molecule has 1 aromatic heterocycles.